The van der Waals surface area contributed by atoms with Gasteiger partial charge in [0.2, 0.25) is 11.8 Å². The number of carbonyl (C=O) groups is 3. The number of aliphatic carboxylic acids is 1. The molecule has 0 saturated heterocycles. The molecule has 0 aliphatic heterocycles. The van der Waals surface area contributed by atoms with Crippen LogP contribution in [-0.2, 0) is 20.8 Å². The van der Waals surface area contributed by atoms with Crippen molar-refractivity contribution in [3.63, 3.8) is 0 Å². The highest BCUT2D eigenvalue weighted by molar-refractivity contribution is 7.07. The molecule has 0 bridgehead atoms. The van der Waals surface area contributed by atoms with E-state index in [1.807, 2.05) is 16.8 Å². The molecule has 0 aliphatic rings. The molecule has 0 aromatic carbocycles. The molecule has 1 unspecified atom stereocenters. The Morgan fingerprint density at radius 2 is 2.14 bits per heavy atom. The van der Waals surface area contributed by atoms with Crippen molar-refractivity contribution in [2.75, 3.05) is 13.1 Å². The fraction of sp³-hybridized carbons (Fsp3) is 0.500. The van der Waals surface area contributed by atoms with Gasteiger partial charge in [-0.2, -0.15) is 11.3 Å². The van der Waals surface area contributed by atoms with E-state index in [0.717, 1.165) is 5.56 Å². The molecular weight excluding hydrogens is 292 g/mol. The van der Waals surface area contributed by atoms with Gasteiger partial charge < -0.3 is 15.3 Å². The summed E-state index contributed by atoms with van der Waals surface area (Å²) in [4.78, 5) is 35.5. The van der Waals surface area contributed by atoms with E-state index < -0.39 is 12.0 Å². The summed E-state index contributed by atoms with van der Waals surface area (Å²) in [7, 11) is 0. The number of nitrogens with zero attached hydrogens (tertiary/aromatic N) is 1. The highest BCUT2D eigenvalue weighted by atomic mass is 32.1. The predicted molar refractivity (Wildman–Crippen MR) is 80.1 cm³/mol. The first-order chi connectivity index (χ1) is 9.91. The van der Waals surface area contributed by atoms with E-state index in [9.17, 15) is 14.4 Å². The zero-order valence-electron chi connectivity index (χ0n) is 12.2. The highest BCUT2D eigenvalue weighted by Crippen LogP contribution is 2.11. The number of carboxylic acids is 1. The van der Waals surface area contributed by atoms with Gasteiger partial charge in [-0.15, -0.1) is 0 Å². The smallest absolute Gasteiger partial charge is 0.326 e. The molecule has 2 N–H and O–H groups in total. The third-order valence-electron chi connectivity index (χ3n) is 3.08. The molecule has 0 spiro atoms. The first kappa shape index (κ1) is 17.2. The zero-order chi connectivity index (χ0) is 15.8. The van der Waals surface area contributed by atoms with Gasteiger partial charge in [-0.05, 0) is 35.7 Å². The number of thiophene rings is 1. The van der Waals surface area contributed by atoms with Gasteiger partial charge in [0, 0.05) is 26.4 Å². The summed E-state index contributed by atoms with van der Waals surface area (Å²) < 4.78 is 0. The molecule has 0 radical (unpaired) electrons. The predicted octanol–water partition coefficient (Wildman–Crippen LogP) is 1.12. The molecule has 21 heavy (non-hydrogen) atoms. The number of amides is 2. The lowest BCUT2D eigenvalue weighted by molar-refractivity contribution is -0.149. The molecule has 0 aliphatic carbocycles. The molecule has 116 valence electrons. The van der Waals surface area contributed by atoms with Crippen LogP contribution in [0.4, 0.5) is 0 Å². The lowest BCUT2D eigenvalue weighted by atomic mass is 10.1. The Labute approximate surface area is 127 Å². The van der Waals surface area contributed by atoms with Gasteiger partial charge >= 0.3 is 5.97 Å². The van der Waals surface area contributed by atoms with Gasteiger partial charge in [0.25, 0.3) is 0 Å². The van der Waals surface area contributed by atoms with Crippen LogP contribution in [0.15, 0.2) is 16.8 Å². The Morgan fingerprint density at radius 1 is 1.43 bits per heavy atom. The van der Waals surface area contributed by atoms with Crippen molar-refractivity contribution in [3.8, 4) is 0 Å². The fourth-order valence-electron chi connectivity index (χ4n) is 1.85. The SMILES string of the molecule is CC(=O)NCCN(C(=O)CCc1ccsc1)C(C)C(=O)O. The van der Waals surface area contributed by atoms with Crippen LogP contribution in [0.2, 0.25) is 0 Å². The van der Waals surface area contributed by atoms with E-state index in [4.69, 9.17) is 5.11 Å². The molecule has 1 heterocycles. The van der Waals surface area contributed by atoms with Crippen molar-refractivity contribution >= 4 is 29.1 Å². The van der Waals surface area contributed by atoms with Crippen LogP contribution in [-0.4, -0.2) is 46.9 Å². The second-order valence-corrected chi connectivity index (χ2v) is 5.50. The number of carbonyl (C=O) groups excluding carboxylic acids is 2. The molecule has 0 fully saturated rings. The molecular formula is C14H20N2O4S. The molecule has 2 amide bonds. The molecule has 7 heteroatoms. The Bertz CT molecular complexity index is 487. The molecule has 0 saturated carbocycles. The maximum Gasteiger partial charge on any atom is 0.326 e. The van der Waals surface area contributed by atoms with Gasteiger partial charge in [-0.25, -0.2) is 4.79 Å². The summed E-state index contributed by atoms with van der Waals surface area (Å²) >= 11 is 1.56. The lowest BCUT2D eigenvalue weighted by Gasteiger charge is -2.26. The first-order valence-corrected chi connectivity index (χ1v) is 7.64. The second-order valence-electron chi connectivity index (χ2n) is 4.72. The Balaban J connectivity index is 2.58. The first-order valence-electron chi connectivity index (χ1n) is 6.69. The van der Waals surface area contributed by atoms with E-state index >= 15 is 0 Å². The van der Waals surface area contributed by atoms with E-state index in [1.54, 1.807) is 11.3 Å². The zero-order valence-corrected chi connectivity index (χ0v) is 13.0. The fourth-order valence-corrected chi connectivity index (χ4v) is 2.55. The van der Waals surface area contributed by atoms with E-state index in [-0.39, 0.29) is 31.3 Å². The van der Waals surface area contributed by atoms with Crippen molar-refractivity contribution in [2.24, 2.45) is 0 Å². The minimum absolute atomic E-state index is 0.190. The molecule has 1 rings (SSSR count). The van der Waals surface area contributed by atoms with Gasteiger partial charge in [0.15, 0.2) is 0 Å². The summed E-state index contributed by atoms with van der Waals surface area (Å²) in [6, 6.07) is 1.04. The van der Waals surface area contributed by atoms with Crippen LogP contribution in [0.3, 0.4) is 0 Å². The number of hydrogen-bond donors (Lipinski definition) is 2. The number of hydrogen-bond acceptors (Lipinski definition) is 4. The van der Waals surface area contributed by atoms with Gasteiger partial charge in [0.1, 0.15) is 6.04 Å². The van der Waals surface area contributed by atoms with Crippen molar-refractivity contribution in [1.29, 1.82) is 0 Å². The van der Waals surface area contributed by atoms with Crippen molar-refractivity contribution < 1.29 is 19.5 Å². The maximum absolute atomic E-state index is 12.2. The number of carboxylic acid groups (broad SMARTS) is 1. The lowest BCUT2D eigenvalue weighted by Crippen LogP contribution is -2.46. The van der Waals surface area contributed by atoms with Crippen molar-refractivity contribution in [3.05, 3.63) is 22.4 Å². The average molecular weight is 312 g/mol. The molecule has 1 atom stereocenters. The van der Waals surface area contributed by atoms with Crippen LogP contribution < -0.4 is 5.32 Å². The second kappa shape index (κ2) is 8.41. The molecule has 1 aromatic rings. The third-order valence-corrected chi connectivity index (χ3v) is 3.81. The Morgan fingerprint density at radius 3 is 2.67 bits per heavy atom. The van der Waals surface area contributed by atoms with Gasteiger partial charge in [-0.3, -0.25) is 9.59 Å². The number of nitrogens with one attached hydrogen (secondary N) is 1. The Hall–Kier alpha value is -1.89. The number of rotatable bonds is 8. The maximum atomic E-state index is 12.2. The van der Waals surface area contributed by atoms with Crippen molar-refractivity contribution in [2.45, 2.75) is 32.7 Å². The average Bonchev–Trinajstić information content (AvgIpc) is 2.93. The summed E-state index contributed by atoms with van der Waals surface area (Å²) in [5.74, 6) is -1.48. The minimum atomic E-state index is -1.05. The minimum Gasteiger partial charge on any atom is -0.480 e. The van der Waals surface area contributed by atoms with Crippen LogP contribution in [0.5, 0.6) is 0 Å². The summed E-state index contributed by atoms with van der Waals surface area (Å²) in [5, 5.41) is 15.6. The molecule has 6 nitrogen and oxygen atoms in total. The van der Waals surface area contributed by atoms with Crippen LogP contribution >= 0.6 is 11.3 Å². The third kappa shape index (κ3) is 5.95. The summed E-state index contributed by atoms with van der Waals surface area (Å²) in [6.07, 6.45) is 0.847. The van der Waals surface area contributed by atoms with E-state index in [1.165, 1.54) is 18.7 Å². The van der Waals surface area contributed by atoms with Crippen molar-refractivity contribution in [1.82, 2.24) is 10.2 Å². The highest BCUT2D eigenvalue weighted by Gasteiger charge is 2.24. The van der Waals surface area contributed by atoms with E-state index in [2.05, 4.69) is 5.32 Å². The number of aryl methyl sites for hydroxylation is 1. The van der Waals surface area contributed by atoms with Crippen LogP contribution in [0.25, 0.3) is 0 Å². The van der Waals surface area contributed by atoms with Crippen LogP contribution in [0, 0.1) is 0 Å². The quantitative estimate of drug-likeness (QED) is 0.753. The summed E-state index contributed by atoms with van der Waals surface area (Å²) in [6.45, 7) is 3.29. The van der Waals surface area contributed by atoms with Gasteiger partial charge in [0.05, 0.1) is 0 Å². The van der Waals surface area contributed by atoms with Gasteiger partial charge in [-0.1, -0.05) is 0 Å². The Kier molecular flexibility index (Phi) is 6.87. The largest absolute Gasteiger partial charge is 0.480 e. The normalized spacial score (nSPS) is 11.7. The van der Waals surface area contributed by atoms with Crippen LogP contribution in [0.1, 0.15) is 25.8 Å². The summed E-state index contributed by atoms with van der Waals surface area (Å²) in [5.41, 5.74) is 1.07. The monoisotopic (exact) mass is 312 g/mol. The van der Waals surface area contributed by atoms with E-state index in [0.29, 0.717) is 6.42 Å². The topological polar surface area (TPSA) is 86.7 Å². The molecule has 1 aromatic heterocycles. The standard InChI is InChI=1S/C14H20N2O4S/c1-10(14(19)20)16(7-6-15-11(2)17)13(18)4-3-12-5-8-21-9-12/h5,8-10H,3-4,6-7H2,1-2H3,(H,15,17)(H,19,20).